The summed E-state index contributed by atoms with van der Waals surface area (Å²) < 4.78 is 55.3. The average molecular weight is 522 g/mol. The van der Waals surface area contributed by atoms with Crippen molar-refractivity contribution >= 4 is 11.9 Å². The largest absolute Gasteiger partial charge is 0.493 e. The Morgan fingerprint density at radius 2 is 1.89 bits per heavy atom. The Balaban J connectivity index is 1.27. The van der Waals surface area contributed by atoms with Crippen LogP contribution >= 0.6 is 0 Å². The molecule has 8 nitrogen and oxygen atoms in total. The van der Waals surface area contributed by atoms with E-state index < -0.39 is 42.9 Å². The highest BCUT2D eigenvalue weighted by Crippen LogP contribution is 2.34. The first-order valence-electron chi connectivity index (χ1n) is 14.6. The van der Waals surface area contributed by atoms with Crippen molar-refractivity contribution in [1.82, 2.24) is 4.90 Å². The molecule has 2 heterocycles. The minimum Gasteiger partial charge on any atom is -0.493 e. The summed E-state index contributed by atoms with van der Waals surface area (Å²) in [5, 5.41) is 9.40. The summed E-state index contributed by atoms with van der Waals surface area (Å²) in [6.07, 6.45) is 0.348. The zero-order valence-electron chi connectivity index (χ0n) is 24.7. The second-order valence-corrected chi connectivity index (χ2v) is 8.86. The van der Waals surface area contributed by atoms with Crippen LogP contribution in [0.3, 0.4) is 0 Å². The van der Waals surface area contributed by atoms with Crippen molar-refractivity contribution in [2.45, 2.75) is 57.3 Å². The first kappa shape index (κ1) is 20.8. The number of aliphatic hydroxyl groups is 1. The molecule has 1 N–H and O–H groups in total. The van der Waals surface area contributed by atoms with Crippen molar-refractivity contribution in [2.24, 2.45) is 0 Å². The Bertz CT molecular complexity index is 1460. The third-order valence-electron chi connectivity index (χ3n) is 6.14. The van der Waals surface area contributed by atoms with Gasteiger partial charge in [-0.2, -0.15) is 0 Å². The topological polar surface area (TPSA) is 98.4 Å². The van der Waals surface area contributed by atoms with E-state index in [1.807, 2.05) is 0 Å². The van der Waals surface area contributed by atoms with Gasteiger partial charge in [-0.3, -0.25) is 4.79 Å². The van der Waals surface area contributed by atoms with Gasteiger partial charge in [0.1, 0.15) is 17.6 Å². The molecule has 0 spiro atoms. The number of amides is 1. The number of para-hydroxylation sites is 1. The number of nitrogens with zero attached hydrogens (tertiary/aromatic N) is 1. The number of carbonyl (C=O) groups excluding carboxylic acids is 2. The molecule has 5 rings (SSSR count). The van der Waals surface area contributed by atoms with Crippen LogP contribution in [0.4, 0.5) is 0 Å². The van der Waals surface area contributed by atoms with E-state index in [2.05, 4.69) is 0 Å². The number of aliphatic hydroxyl groups excluding tert-OH is 1. The van der Waals surface area contributed by atoms with E-state index in [4.69, 9.17) is 24.1 Å². The maximum absolute atomic E-state index is 14.0. The van der Waals surface area contributed by atoms with Gasteiger partial charge in [-0.15, -0.1) is 0 Å². The Hall–Kier alpha value is -4.20. The molecule has 8 heteroatoms. The predicted molar refractivity (Wildman–Crippen MR) is 139 cm³/mol. The van der Waals surface area contributed by atoms with E-state index in [1.165, 1.54) is 6.26 Å². The van der Waals surface area contributed by atoms with Gasteiger partial charge in [0.05, 0.1) is 19.8 Å². The van der Waals surface area contributed by atoms with E-state index in [9.17, 15) is 14.7 Å². The van der Waals surface area contributed by atoms with E-state index >= 15 is 0 Å². The summed E-state index contributed by atoms with van der Waals surface area (Å²) in [4.78, 5) is 26.5. The molecular weight excluding hydrogens is 486 g/mol. The van der Waals surface area contributed by atoms with Crippen LogP contribution in [-0.4, -0.2) is 40.8 Å². The smallest absolute Gasteiger partial charge is 0.341 e. The number of hydrogen-bond donors (Lipinski definition) is 1. The fourth-order valence-corrected chi connectivity index (χ4v) is 4.21. The first-order chi connectivity index (χ1) is 20.1. The van der Waals surface area contributed by atoms with Gasteiger partial charge < -0.3 is 28.6 Å². The van der Waals surface area contributed by atoms with Gasteiger partial charge in [-0.05, 0) is 56.3 Å². The normalized spacial score (nSPS) is 24.9. The van der Waals surface area contributed by atoms with Crippen molar-refractivity contribution in [3.05, 3.63) is 90.1 Å². The highest BCUT2D eigenvalue weighted by atomic mass is 16.7. The Morgan fingerprint density at radius 3 is 2.68 bits per heavy atom. The summed E-state index contributed by atoms with van der Waals surface area (Å²) in [6, 6.07) is 15.2. The third-order valence-corrected chi connectivity index (χ3v) is 6.14. The molecule has 3 unspecified atom stereocenters. The second kappa shape index (κ2) is 11.9. The first-order valence-corrected chi connectivity index (χ1v) is 12.5. The molecule has 2 aromatic carbocycles. The zero-order valence-corrected chi connectivity index (χ0v) is 20.7. The maximum atomic E-state index is 14.0. The van der Waals surface area contributed by atoms with E-state index in [-0.39, 0.29) is 12.1 Å². The number of benzene rings is 2. The maximum Gasteiger partial charge on any atom is 0.341 e. The number of unbranched alkanes of at least 4 members (excludes halogenated alkanes) is 2. The summed E-state index contributed by atoms with van der Waals surface area (Å²) in [7, 11) is 0. The molecule has 1 amide bonds. The highest BCUT2D eigenvalue weighted by molar-refractivity contribution is 6.00. The van der Waals surface area contributed by atoms with Crippen LogP contribution in [0.5, 0.6) is 5.75 Å². The Morgan fingerprint density at radius 1 is 1.08 bits per heavy atom. The molecule has 0 radical (unpaired) electrons. The number of esters is 1. The number of ether oxygens (including phenoxy) is 3. The lowest BCUT2D eigenvalue weighted by Crippen LogP contribution is -2.33. The summed E-state index contributed by atoms with van der Waals surface area (Å²) >= 11 is 0. The molecule has 1 fully saturated rings. The lowest BCUT2D eigenvalue weighted by molar-refractivity contribution is -0.183. The number of furan rings is 1. The van der Waals surface area contributed by atoms with Gasteiger partial charge >= 0.3 is 5.97 Å². The predicted octanol–water partition coefficient (Wildman–Crippen LogP) is 5.99. The van der Waals surface area contributed by atoms with Gasteiger partial charge in [-0.1, -0.05) is 36.4 Å². The Kier molecular flexibility index (Phi) is 6.52. The van der Waals surface area contributed by atoms with Gasteiger partial charge in [0, 0.05) is 34.2 Å². The van der Waals surface area contributed by atoms with Crippen LogP contribution in [0.25, 0.3) is 11.3 Å². The quantitative estimate of drug-likeness (QED) is 0.231. The van der Waals surface area contributed by atoms with Gasteiger partial charge in [0.2, 0.25) is 6.29 Å². The van der Waals surface area contributed by atoms with Crippen molar-refractivity contribution in [2.75, 3.05) is 6.61 Å². The van der Waals surface area contributed by atoms with Crippen LogP contribution in [0, 0.1) is 0 Å². The van der Waals surface area contributed by atoms with E-state index in [1.54, 1.807) is 60.7 Å². The monoisotopic (exact) mass is 521 g/mol. The van der Waals surface area contributed by atoms with Crippen LogP contribution in [0.15, 0.2) is 83.4 Å². The van der Waals surface area contributed by atoms with Crippen molar-refractivity contribution in [3.63, 3.8) is 0 Å². The van der Waals surface area contributed by atoms with Crippen molar-refractivity contribution in [1.29, 1.82) is 0 Å². The fourth-order valence-electron chi connectivity index (χ4n) is 4.21. The molecule has 1 aliphatic carbocycles. The molecule has 38 heavy (non-hydrogen) atoms. The number of carbonyl (C=O) groups is 2. The minimum absolute atomic E-state index is 0.138. The lowest BCUT2D eigenvalue weighted by Gasteiger charge is -2.25. The summed E-state index contributed by atoms with van der Waals surface area (Å²) in [6.45, 7) is 0.206. The van der Waals surface area contributed by atoms with Crippen LogP contribution < -0.4 is 4.74 Å². The molecule has 1 aliphatic heterocycles. The molecule has 1 aromatic heterocycles. The average Bonchev–Trinajstić information content (AvgIpc) is 3.33. The number of rotatable bonds is 12. The molecule has 2 aliphatic rings. The molecule has 0 bridgehead atoms. The molecule has 3 aromatic rings. The molecule has 198 valence electrons. The molecular formula is C30H31NO7. The third kappa shape index (κ3) is 6.37. The van der Waals surface area contributed by atoms with E-state index in [0.29, 0.717) is 48.5 Å². The van der Waals surface area contributed by atoms with Crippen LogP contribution in [0.1, 0.15) is 59.9 Å². The molecule has 0 saturated heterocycles. The van der Waals surface area contributed by atoms with Crippen LogP contribution in [-0.2, 0) is 20.8 Å². The van der Waals surface area contributed by atoms with Crippen molar-refractivity contribution < 1.29 is 38.8 Å². The second-order valence-electron chi connectivity index (χ2n) is 8.86. The van der Waals surface area contributed by atoms with Crippen molar-refractivity contribution in [3.8, 4) is 17.1 Å². The molecule has 3 atom stereocenters. The minimum atomic E-state index is -2.22. The van der Waals surface area contributed by atoms with Gasteiger partial charge in [0.15, 0.2) is 0 Å². The standard InChI is InChI=1S/C30H31NO7/c32-27-19-28(33)38-29(37-27)14-2-1-7-17-35-25-12-6-3-9-21(25)20-31(22-15-16-22)30(34)24-11-5-4-10-23(24)26-13-8-18-36-26/h3-6,8-13,18-19,22,29,32H,1-2,7,14-17,20H2/i15D,16D2,22D. The SMILES string of the molecule is [2H]C1C([2H])([2H])C1([2H])N(Cc1ccccc1OCCCCCC1OC(=O)C=C(O)O1)C(=O)c1ccccc1-c1ccco1. The highest BCUT2D eigenvalue weighted by Gasteiger charge is 2.34. The number of cyclic esters (lactones) is 1. The lowest BCUT2D eigenvalue weighted by atomic mass is 10.0. The fraction of sp³-hybridized carbons (Fsp3) is 0.333. The Labute approximate surface area is 227 Å². The summed E-state index contributed by atoms with van der Waals surface area (Å²) in [5.41, 5.74) is 1.32. The van der Waals surface area contributed by atoms with Gasteiger partial charge in [0.25, 0.3) is 11.9 Å². The number of hydrogen-bond acceptors (Lipinski definition) is 7. The molecule has 1 saturated carbocycles. The summed E-state index contributed by atoms with van der Waals surface area (Å²) in [5.74, 6) is -0.744. The van der Waals surface area contributed by atoms with Crippen LogP contribution in [0.2, 0.25) is 0 Å². The van der Waals surface area contributed by atoms with E-state index in [0.717, 1.165) is 17.4 Å². The zero-order chi connectivity index (χ0) is 29.9. The van der Waals surface area contributed by atoms with Gasteiger partial charge in [-0.25, -0.2) is 4.79 Å².